The Hall–Kier alpha value is -1.30. The van der Waals surface area contributed by atoms with E-state index in [1.165, 1.54) is 0 Å². The van der Waals surface area contributed by atoms with Gasteiger partial charge in [0.05, 0.1) is 24.7 Å². The molecule has 2 N–H and O–H groups in total. The molecule has 5 fully saturated rings. The monoisotopic (exact) mass is 460 g/mol. The van der Waals surface area contributed by atoms with Crippen LogP contribution in [0.4, 0.5) is 0 Å². The number of Topliss-reactive ketones (excluding diaryl/α,β-unsaturated/α-hetero) is 1. The Labute approximate surface area is 183 Å². The van der Waals surface area contributed by atoms with Crippen molar-refractivity contribution in [3.63, 3.8) is 0 Å². The summed E-state index contributed by atoms with van der Waals surface area (Å²) in [5.41, 5.74) is -4.26. The van der Waals surface area contributed by atoms with Gasteiger partial charge in [-0.05, 0) is 13.3 Å². The summed E-state index contributed by atoms with van der Waals surface area (Å²) in [7, 11) is 1.16. The number of alkyl halides is 1. The first-order chi connectivity index (χ1) is 14.5. The summed E-state index contributed by atoms with van der Waals surface area (Å²) in [6.45, 7) is 1.73. The predicted molar refractivity (Wildman–Crippen MR) is 99.9 cm³/mol. The molecule has 5 aliphatic heterocycles. The Morgan fingerprint density at radius 3 is 2.65 bits per heavy atom. The highest BCUT2D eigenvalue weighted by atomic mass is 35.5. The van der Waals surface area contributed by atoms with Crippen LogP contribution in [-0.4, -0.2) is 87.9 Å². The number of ether oxygens (including phenoxy) is 5. The number of aliphatic hydroxyl groups excluding tert-OH is 1. The van der Waals surface area contributed by atoms with Crippen molar-refractivity contribution >= 4 is 29.3 Å². The van der Waals surface area contributed by atoms with Crippen LogP contribution >= 0.6 is 11.6 Å². The van der Waals surface area contributed by atoms with Crippen molar-refractivity contribution in [3.8, 4) is 0 Å². The van der Waals surface area contributed by atoms with Crippen LogP contribution in [-0.2, 0) is 38.1 Å². The van der Waals surface area contributed by atoms with E-state index in [0.29, 0.717) is 0 Å². The van der Waals surface area contributed by atoms with Gasteiger partial charge in [-0.15, -0.1) is 11.6 Å². The lowest BCUT2D eigenvalue weighted by molar-refractivity contribution is -0.241. The molecule has 0 spiro atoms. The van der Waals surface area contributed by atoms with Crippen molar-refractivity contribution in [3.05, 3.63) is 0 Å². The Morgan fingerprint density at radius 2 is 2.00 bits per heavy atom. The van der Waals surface area contributed by atoms with Gasteiger partial charge in [-0.25, -0.2) is 9.59 Å². The van der Waals surface area contributed by atoms with Crippen LogP contribution < -0.4 is 0 Å². The number of ketones is 1. The number of carbonyl (C=O) groups is 3. The van der Waals surface area contributed by atoms with Gasteiger partial charge in [0.15, 0.2) is 17.2 Å². The molecular formula is C20H25ClO10. The highest BCUT2D eigenvalue weighted by Crippen LogP contribution is 2.56. The molecule has 172 valence electrons. The van der Waals surface area contributed by atoms with Gasteiger partial charge in [-0.3, -0.25) is 4.79 Å². The summed E-state index contributed by atoms with van der Waals surface area (Å²) < 4.78 is 27.9. The zero-order valence-electron chi connectivity index (χ0n) is 17.2. The number of aliphatic hydroxyl groups is 2. The van der Waals surface area contributed by atoms with E-state index < -0.39 is 64.9 Å². The summed E-state index contributed by atoms with van der Waals surface area (Å²) in [5, 5.41) is 22.2. The molecule has 0 aliphatic carbocycles. The third-order valence-electron chi connectivity index (χ3n) is 7.40. The number of methoxy groups -OCH3 is 1. The number of fused-ring (bicyclic) bond motifs is 4. The van der Waals surface area contributed by atoms with Crippen LogP contribution in [0.3, 0.4) is 0 Å². The van der Waals surface area contributed by atoms with Gasteiger partial charge in [-0.1, -0.05) is 0 Å². The second-order valence-corrected chi connectivity index (χ2v) is 9.87. The molecule has 11 heteroatoms. The number of esters is 2. The Kier molecular flexibility index (Phi) is 4.60. The number of carbonyl (C=O) groups excluding carboxylic acids is 3. The largest absolute Gasteiger partial charge is 0.467 e. The van der Waals surface area contributed by atoms with Crippen molar-refractivity contribution in [2.24, 2.45) is 5.92 Å². The molecule has 9 atom stereocenters. The topological polar surface area (TPSA) is 141 Å². The van der Waals surface area contributed by atoms with Gasteiger partial charge >= 0.3 is 11.9 Å². The molecule has 5 heterocycles. The fraction of sp³-hybridized carbons (Fsp3) is 0.850. The van der Waals surface area contributed by atoms with E-state index in [4.69, 9.17) is 35.3 Å². The summed E-state index contributed by atoms with van der Waals surface area (Å²) in [4.78, 5) is 38.0. The maximum absolute atomic E-state index is 12.7. The summed E-state index contributed by atoms with van der Waals surface area (Å²) in [5.74, 6) is -4.81. The van der Waals surface area contributed by atoms with Crippen LogP contribution in [0.5, 0.6) is 0 Å². The number of epoxide rings is 1. The van der Waals surface area contributed by atoms with Crippen LogP contribution in [0, 0.1) is 5.92 Å². The zero-order chi connectivity index (χ0) is 22.4. The molecule has 5 saturated heterocycles. The van der Waals surface area contributed by atoms with E-state index in [1.807, 2.05) is 0 Å². The van der Waals surface area contributed by atoms with Gasteiger partial charge in [0.2, 0.25) is 5.60 Å². The minimum Gasteiger partial charge on any atom is -0.467 e. The van der Waals surface area contributed by atoms with Gasteiger partial charge in [-0.2, -0.15) is 0 Å². The van der Waals surface area contributed by atoms with E-state index in [9.17, 15) is 24.6 Å². The van der Waals surface area contributed by atoms with Crippen molar-refractivity contribution in [1.82, 2.24) is 0 Å². The van der Waals surface area contributed by atoms with E-state index in [2.05, 4.69) is 0 Å². The van der Waals surface area contributed by atoms with E-state index in [-0.39, 0.29) is 43.8 Å². The fourth-order valence-corrected chi connectivity index (χ4v) is 6.27. The fourth-order valence-electron chi connectivity index (χ4n) is 5.89. The normalized spacial score (nSPS) is 53.1. The van der Waals surface area contributed by atoms with Crippen LogP contribution in [0.15, 0.2) is 0 Å². The molecule has 5 rings (SSSR count). The highest BCUT2D eigenvalue weighted by molar-refractivity contribution is 6.20. The smallest absolute Gasteiger partial charge is 0.344 e. The quantitative estimate of drug-likeness (QED) is 0.317. The third kappa shape index (κ3) is 2.92. The summed E-state index contributed by atoms with van der Waals surface area (Å²) in [6.07, 6.45) is -3.79. The lowest BCUT2D eigenvalue weighted by Crippen LogP contribution is -2.51. The van der Waals surface area contributed by atoms with E-state index in [0.717, 1.165) is 7.11 Å². The maximum Gasteiger partial charge on any atom is 0.344 e. The molecular weight excluding hydrogens is 436 g/mol. The van der Waals surface area contributed by atoms with Gasteiger partial charge in [0.1, 0.15) is 18.3 Å². The lowest BCUT2D eigenvalue weighted by Gasteiger charge is -2.32. The van der Waals surface area contributed by atoms with Crippen LogP contribution in [0.25, 0.3) is 0 Å². The molecule has 0 saturated carbocycles. The Morgan fingerprint density at radius 1 is 1.26 bits per heavy atom. The Balaban J connectivity index is 1.56. The molecule has 0 radical (unpaired) electrons. The van der Waals surface area contributed by atoms with Crippen LogP contribution in [0.2, 0.25) is 0 Å². The second kappa shape index (κ2) is 6.61. The van der Waals surface area contributed by atoms with Gasteiger partial charge in [0.25, 0.3) is 0 Å². The van der Waals surface area contributed by atoms with Crippen molar-refractivity contribution in [2.45, 2.75) is 86.0 Å². The maximum atomic E-state index is 12.7. The highest BCUT2D eigenvalue weighted by Gasteiger charge is 2.78. The standard InChI is InChI=1S/C20H25ClO10/c1-17-5-10(22)11(29-17)7-18(26)4-9(19(8-21,31-18)15(24)27-2)3-13(23)20-14(30-20)12(6-17)28-16(20)25/h9,11-14,23,26H,3-8H2,1-2H3/t9-,11+,12+,13-,14+,17-,18+,19+,20+/m1/s1. The molecule has 0 aromatic rings. The van der Waals surface area contributed by atoms with E-state index in [1.54, 1.807) is 6.92 Å². The average molecular weight is 461 g/mol. The average Bonchev–Trinajstić information content (AvgIpc) is 3.22. The number of hydrogen-bond acceptors (Lipinski definition) is 10. The minimum absolute atomic E-state index is 0.0607. The summed E-state index contributed by atoms with van der Waals surface area (Å²) >= 11 is 6.14. The van der Waals surface area contributed by atoms with Crippen molar-refractivity contribution < 1.29 is 48.3 Å². The van der Waals surface area contributed by atoms with Gasteiger partial charge in [0, 0.05) is 31.6 Å². The molecule has 5 aliphatic rings. The first kappa shape index (κ1) is 21.5. The van der Waals surface area contributed by atoms with Crippen LogP contribution in [0.1, 0.15) is 39.0 Å². The molecule has 0 aromatic heterocycles. The molecule has 31 heavy (non-hydrogen) atoms. The lowest BCUT2D eigenvalue weighted by atomic mass is 9.79. The predicted octanol–water partition coefficient (Wildman–Crippen LogP) is -0.413. The SMILES string of the molecule is COC(=O)[C@@]1(CCl)O[C@@]2(O)C[C@H]1C[C@@H](O)[C@]13O[C@H]1[C@H](C[C@@]1(C)CC(=O)[C@H](C2)O1)OC3=O. The van der Waals surface area contributed by atoms with Crippen molar-refractivity contribution in [1.29, 1.82) is 0 Å². The molecule has 0 amide bonds. The van der Waals surface area contributed by atoms with Crippen molar-refractivity contribution in [2.75, 3.05) is 13.0 Å². The zero-order valence-corrected chi connectivity index (χ0v) is 17.9. The number of hydrogen-bond donors (Lipinski definition) is 2. The summed E-state index contributed by atoms with van der Waals surface area (Å²) in [6, 6.07) is 0. The second-order valence-electron chi connectivity index (χ2n) is 9.60. The first-order valence-corrected chi connectivity index (χ1v) is 10.9. The first-order valence-electron chi connectivity index (χ1n) is 10.4. The number of halogens is 1. The third-order valence-corrected chi connectivity index (χ3v) is 7.80. The van der Waals surface area contributed by atoms with E-state index >= 15 is 0 Å². The Bertz CT molecular complexity index is 850. The van der Waals surface area contributed by atoms with Gasteiger partial charge < -0.3 is 33.9 Å². The minimum atomic E-state index is -1.91. The number of rotatable bonds is 2. The molecule has 0 aromatic carbocycles. The molecule has 6 bridgehead atoms. The molecule has 10 nitrogen and oxygen atoms in total. The molecule has 0 unspecified atom stereocenters.